The predicted molar refractivity (Wildman–Crippen MR) is 121 cm³/mol. The van der Waals surface area contributed by atoms with Crippen LogP contribution in [0.2, 0.25) is 0 Å². The van der Waals surface area contributed by atoms with Gasteiger partial charge in [-0.15, -0.1) is 0 Å². The molecule has 32 heavy (non-hydrogen) atoms. The summed E-state index contributed by atoms with van der Waals surface area (Å²) in [4.78, 5) is 33.1. The van der Waals surface area contributed by atoms with Crippen LogP contribution >= 0.6 is 15.9 Å². The number of methoxy groups -OCH3 is 1. The summed E-state index contributed by atoms with van der Waals surface area (Å²) in [5.74, 6) is -0.0599. The largest absolute Gasteiger partial charge is 0.493 e. The van der Waals surface area contributed by atoms with Gasteiger partial charge in [0.1, 0.15) is 0 Å². The molecule has 0 atom stereocenters. The van der Waals surface area contributed by atoms with Crippen LogP contribution in [0.3, 0.4) is 0 Å². The average Bonchev–Trinajstić information content (AvgIpc) is 2.78. The van der Waals surface area contributed by atoms with E-state index in [9.17, 15) is 25.0 Å². The van der Waals surface area contributed by atoms with Crippen molar-refractivity contribution < 1.29 is 24.1 Å². The molecule has 3 rings (SSSR count). The summed E-state index contributed by atoms with van der Waals surface area (Å²) in [7, 11) is 1.42. The van der Waals surface area contributed by atoms with Gasteiger partial charge >= 0.3 is 5.97 Å². The van der Waals surface area contributed by atoms with Crippen LogP contribution in [0.4, 0.5) is 11.4 Å². The molecule has 0 aliphatic heterocycles. The Bertz CT molecular complexity index is 1220. The third kappa shape index (κ3) is 5.35. The van der Waals surface area contributed by atoms with Gasteiger partial charge in [0.15, 0.2) is 11.5 Å². The monoisotopic (exact) mass is 498 g/mol. The number of ether oxygens (including phenoxy) is 2. The first kappa shape index (κ1) is 22.6. The van der Waals surface area contributed by atoms with Crippen LogP contribution in [0.25, 0.3) is 12.2 Å². The number of nitro benzene ring substituents is 2. The topological polar surface area (TPSA) is 122 Å². The van der Waals surface area contributed by atoms with E-state index >= 15 is 0 Å². The van der Waals surface area contributed by atoms with Gasteiger partial charge < -0.3 is 9.47 Å². The molecule has 3 aromatic rings. The van der Waals surface area contributed by atoms with E-state index in [0.717, 1.165) is 10.5 Å². The summed E-state index contributed by atoms with van der Waals surface area (Å²) < 4.78 is 11.5. The fourth-order valence-corrected chi connectivity index (χ4v) is 3.01. The number of nitro groups is 2. The van der Waals surface area contributed by atoms with E-state index in [4.69, 9.17) is 9.47 Å². The smallest absolute Gasteiger partial charge is 0.343 e. The number of rotatable bonds is 7. The van der Waals surface area contributed by atoms with Crippen molar-refractivity contribution in [2.45, 2.75) is 0 Å². The summed E-state index contributed by atoms with van der Waals surface area (Å²) >= 11 is 3.30. The van der Waals surface area contributed by atoms with Gasteiger partial charge in [-0.2, -0.15) is 0 Å². The van der Waals surface area contributed by atoms with Crippen molar-refractivity contribution in [1.29, 1.82) is 0 Å². The lowest BCUT2D eigenvalue weighted by Crippen LogP contribution is -2.09. The quantitative estimate of drug-likeness (QED) is 0.135. The highest BCUT2D eigenvalue weighted by atomic mass is 79.9. The number of non-ortho nitro benzene ring substituents is 1. The molecule has 10 heteroatoms. The molecular formula is C22H15BrN2O7. The van der Waals surface area contributed by atoms with Crippen LogP contribution in [-0.2, 0) is 0 Å². The molecule has 0 aliphatic carbocycles. The van der Waals surface area contributed by atoms with Crippen LogP contribution < -0.4 is 9.47 Å². The molecular weight excluding hydrogens is 484 g/mol. The van der Waals surface area contributed by atoms with E-state index in [-0.39, 0.29) is 28.4 Å². The van der Waals surface area contributed by atoms with E-state index in [1.807, 2.05) is 0 Å². The van der Waals surface area contributed by atoms with Gasteiger partial charge in [-0.1, -0.05) is 28.1 Å². The third-order valence-electron chi connectivity index (χ3n) is 4.35. The SMILES string of the molecule is COc1cc(/C=C/c2ccc([N+](=O)[O-])cc2[N+](=O)[O-])ccc1OC(=O)c1ccc(Br)cc1. The second-order valence-electron chi connectivity index (χ2n) is 6.40. The van der Waals surface area contributed by atoms with Crippen LogP contribution in [-0.4, -0.2) is 22.9 Å². The van der Waals surface area contributed by atoms with E-state index < -0.39 is 15.8 Å². The number of hydrogen-bond donors (Lipinski definition) is 0. The number of halogens is 1. The molecule has 0 spiro atoms. The Morgan fingerprint density at radius 2 is 1.62 bits per heavy atom. The van der Waals surface area contributed by atoms with E-state index in [1.165, 1.54) is 25.3 Å². The highest BCUT2D eigenvalue weighted by molar-refractivity contribution is 9.10. The number of hydrogen-bond acceptors (Lipinski definition) is 7. The lowest BCUT2D eigenvalue weighted by Gasteiger charge is -2.10. The molecule has 9 nitrogen and oxygen atoms in total. The van der Waals surface area contributed by atoms with Crippen molar-refractivity contribution in [3.8, 4) is 11.5 Å². The molecule has 0 aliphatic rings. The molecule has 0 saturated carbocycles. The van der Waals surface area contributed by atoms with Gasteiger partial charge in [-0.3, -0.25) is 20.2 Å². The standard InChI is InChI=1S/C22H15BrN2O7/c1-31-21-12-14(2-4-15-7-10-18(24(27)28)13-19(15)25(29)30)3-11-20(21)32-22(26)16-5-8-17(23)9-6-16/h2-13H,1H3/b4-2+. The minimum atomic E-state index is -0.695. The van der Waals surface area contributed by atoms with Gasteiger partial charge in [0.25, 0.3) is 11.4 Å². The Hall–Kier alpha value is -4.05. The maximum atomic E-state index is 12.3. The molecule has 0 aromatic heterocycles. The summed E-state index contributed by atoms with van der Waals surface area (Å²) in [5, 5.41) is 22.1. The highest BCUT2D eigenvalue weighted by Crippen LogP contribution is 2.31. The maximum absolute atomic E-state index is 12.3. The molecule has 0 saturated heterocycles. The summed E-state index contributed by atoms with van der Waals surface area (Å²) in [6, 6.07) is 14.9. The summed E-state index contributed by atoms with van der Waals surface area (Å²) in [6.07, 6.45) is 3.04. The van der Waals surface area contributed by atoms with E-state index in [1.54, 1.807) is 48.5 Å². The first-order valence-corrected chi connectivity index (χ1v) is 9.84. The number of esters is 1. The Labute approximate surface area is 190 Å². The molecule has 0 bridgehead atoms. The zero-order chi connectivity index (χ0) is 23.3. The lowest BCUT2D eigenvalue weighted by molar-refractivity contribution is -0.394. The molecule has 0 radical (unpaired) electrons. The van der Waals surface area contributed by atoms with Gasteiger partial charge in [-0.25, -0.2) is 4.79 Å². The van der Waals surface area contributed by atoms with Crippen LogP contribution in [0, 0.1) is 20.2 Å². The first-order valence-electron chi connectivity index (χ1n) is 9.05. The molecule has 0 fully saturated rings. The van der Waals surface area contributed by atoms with Gasteiger partial charge in [0, 0.05) is 10.5 Å². The van der Waals surface area contributed by atoms with E-state index in [2.05, 4.69) is 15.9 Å². The van der Waals surface area contributed by atoms with Crippen LogP contribution in [0.1, 0.15) is 21.5 Å². The van der Waals surface area contributed by atoms with Crippen LogP contribution in [0.15, 0.2) is 65.1 Å². The number of nitrogens with zero attached hydrogens (tertiary/aromatic N) is 2. The van der Waals surface area contributed by atoms with Gasteiger partial charge in [-0.05, 0) is 54.1 Å². The Morgan fingerprint density at radius 3 is 2.25 bits per heavy atom. The zero-order valence-electron chi connectivity index (χ0n) is 16.6. The van der Waals surface area contributed by atoms with E-state index in [0.29, 0.717) is 11.1 Å². The predicted octanol–water partition coefficient (Wildman–Crippen LogP) is 5.66. The second-order valence-corrected chi connectivity index (χ2v) is 7.31. The molecule has 0 unspecified atom stereocenters. The Balaban J connectivity index is 1.84. The normalized spacial score (nSPS) is 10.7. The Kier molecular flexibility index (Phi) is 6.96. The molecule has 162 valence electrons. The number of carbonyl (C=O) groups excluding carboxylic acids is 1. The average molecular weight is 499 g/mol. The Morgan fingerprint density at radius 1 is 0.906 bits per heavy atom. The molecule has 0 amide bonds. The number of benzene rings is 3. The van der Waals surface area contributed by atoms with Crippen molar-refractivity contribution >= 4 is 45.4 Å². The summed E-state index contributed by atoms with van der Waals surface area (Å²) in [6.45, 7) is 0. The van der Waals surface area contributed by atoms with Crippen molar-refractivity contribution in [3.63, 3.8) is 0 Å². The zero-order valence-corrected chi connectivity index (χ0v) is 18.1. The molecule has 0 heterocycles. The second kappa shape index (κ2) is 9.84. The number of carbonyl (C=O) groups is 1. The molecule has 0 N–H and O–H groups in total. The molecule has 3 aromatic carbocycles. The highest BCUT2D eigenvalue weighted by Gasteiger charge is 2.18. The maximum Gasteiger partial charge on any atom is 0.343 e. The van der Waals surface area contributed by atoms with Crippen molar-refractivity contribution in [2.75, 3.05) is 7.11 Å². The van der Waals surface area contributed by atoms with Crippen LogP contribution in [0.5, 0.6) is 11.5 Å². The van der Waals surface area contributed by atoms with Crippen molar-refractivity contribution in [1.82, 2.24) is 0 Å². The first-order chi connectivity index (χ1) is 15.3. The minimum Gasteiger partial charge on any atom is -0.493 e. The minimum absolute atomic E-state index is 0.199. The summed E-state index contributed by atoms with van der Waals surface area (Å²) in [5.41, 5.74) is 0.419. The van der Waals surface area contributed by atoms with Gasteiger partial charge in [0.05, 0.1) is 34.1 Å². The van der Waals surface area contributed by atoms with Crippen molar-refractivity contribution in [2.24, 2.45) is 0 Å². The fraction of sp³-hybridized carbons (Fsp3) is 0.0455. The fourth-order valence-electron chi connectivity index (χ4n) is 2.75. The van der Waals surface area contributed by atoms with Crippen molar-refractivity contribution in [3.05, 3.63) is 102 Å². The van der Waals surface area contributed by atoms with Gasteiger partial charge in [0.2, 0.25) is 0 Å². The lowest BCUT2D eigenvalue weighted by atomic mass is 10.1. The third-order valence-corrected chi connectivity index (χ3v) is 4.88.